The highest BCUT2D eigenvalue weighted by Crippen LogP contribution is 2.28. The molecule has 0 aromatic carbocycles. The summed E-state index contributed by atoms with van der Waals surface area (Å²) in [5.41, 5.74) is -1.73. The fourth-order valence-electron chi connectivity index (χ4n) is 2.95. The van der Waals surface area contributed by atoms with E-state index in [-0.39, 0.29) is 6.61 Å². The van der Waals surface area contributed by atoms with Crippen molar-refractivity contribution in [2.75, 3.05) is 20.3 Å². The summed E-state index contributed by atoms with van der Waals surface area (Å²) in [6.45, 7) is 2.24. The van der Waals surface area contributed by atoms with Crippen molar-refractivity contribution in [2.45, 2.75) is 25.3 Å². The monoisotopic (exact) mass is 324 g/mol. The van der Waals surface area contributed by atoms with Gasteiger partial charge in [-0.15, -0.1) is 11.3 Å². The highest BCUT2D eigenvalue weighted by atomic mass is 32.1. The van der Waals surface area contributed by atoms with Gasteiger partial charge in [-0.1, -0.05) is 0 Å². The van der Waals surface area contributed by atoms with Gasteiger partial charge in [0.25, 0.3) is 5.56 Å². The molecule has 1 aliphatic rings. The topological polar surface area (TPSA) is 90.4 Å². The van der Waals surface area contributed by atoms with Gasteiger partial charge in [0.15, 0.2) is 5.54 Å². The minimum atomic E-state index is -1.40. The standard InChI is InChI=1S/C14H16N2O5S/c1-8-6-22-10-9(8)11(17)16(13(19)15-10)14(12(18)20-2)4-3-5-21-7-14/h6H,3-5,7H2,1-2H3,(H,15,19). The summed E-state index contributed by atoms with van der Waals surface area (Å²) in [7, 11) is 1.24. The smallest absolute Gasteiger partial charge is 0.334 e. The predicted molar refractivity (Wildman–Crippen MR) is 81.5 cm³/mol. The zero-order chi connectivity index (χ0) is 15.9. The van der Waals surface area contributed by atoms with Crippen LogP contribution in [0.5, 0.6) is 0 Å². The van der Waals surface area contributed by atoms with Crippen LogP contribution in [0.1, 0.15) is 18.4 Å². The fraction of sp³-hybridized carbons (Fsp3) is 0.500. The minimum absolute atomic E-state index is 0.0443. The molecule has 2 aromatic heterocycles. The summed E-state index contributed by atoms with van der Waals surface area (Å²) in [5, 5.41) is 2.23. The van der Waals surface area contributed by atoms with Crippen LogP contribution in [0.15, 0.2) is 15.0 Å². The minimum Gasteiger partial charge on any atom is -0.467 e. The fourth-order valence-corrected chi connectivity index (χ4v) is 3.87. The lowest BCUT2D eigenvalue weighted by Gasteiger charge is -2.34. The number of methoxy groups -OCH3 is 1. The van der Waals surface area contributed by atoms with Crippen LogP contribution in [0.3, 0.4) is 0 Å². The number of hydrogen-bond donors (Lipinski definition) is 1. The van der Waals surface area contributed by atoms with Gasteiger partial charge in [-0.05, 0) is 30.7 Å². The zero-order valence-electron chi connectivity index (χ0n) is 12.3. The molecule has 22 heavy (non-hydrogen) atoms. The molecule has 1 atom stereocenters. The van der Waals surface area contributed by atoms with Gasteiger partial charge in [-0.3, -0.25) is 9.78 Å². The quantitative estimate of drug-likeness (QED) is 0.823. The lowest BCUT2D eigenvalue weighted by Crippen LogP contribution is -2.58. The molecule has 3 rings (SSSR count). The molecule has 1 saturated heterocycles. The third kappa shape index (κ3) is 2.02. The number of aromatic nitrogens is 2. The molecular formula is C14H16N2O5S. The van der Waals surface area contributed by atoms with E-state index < -0.39 is 22.8 Å². The summed E-state index contributed by atoms with van der Waals surface area (Å²) >= 11 is 1.29. The van der Waals surface area contributed by atoms with Crippen LogP contribution in [0.25, 0.3) is 10.2 Å². The van der Waals surface area contributed by atoms with E-state index in [4.69, 9.17) is 9.47 Å². The summed E-state index contributed by atoms with van der Waals surface area (Å²) in [6.07, 6.45) is 0.902. The number of ether oxygens (including phenoxy) is 2. The van der Waals surface area contributed by atoms with E-state index in [0.29, 0.717) is 29.7 Å². The third-order valence-corrected chi connectivity index (χ3v) is 5.04. The number of thiophene rings is 1. The molecule has 8 heteroatoms. The van der Waals surface area contributed by atoms with Crippen LogP contribution in [0.4, 0.5) is 0 Å². The number of esters is 1. The Morgan fingerprint density at radius 3 is 2.91 bits per heavy atom. The van der Waals surface area contributed by atoms with Gasteiger partial charge in [-0.25, -0.2) is 14.2 Å². The highest BCUT2D eigenvalue weighted by Gasteiger charge is 2.46. The van der Waals surface area contributed by atoms with Gasteiger partial charge in [-0.2, -0.15) is 0 Å². The van der Waals surface area contributed by atoms with Gasteiger partial charge >= 0.3 is 11.7 Å². The number of H-pyrrole nitrogens is 1. The molecule has 0 aliphatic carbocycles. The van der Waals surface area contributed by atoms with Crippen molar-refractivity contribution in [3.05, 3.63) is 31.8 Å². The van der Waals surface area contributed by atoms with Crippen LogP contribution < -0.4 is 11.2 Å². The van der Waals surface area contributed by atoms with Gasteiger partial charge in [0.05, 0.1) is 19.1 Å². The van der Waals surface area contributed by atoms with E-state index in [1.165, 1.54) is 18.4 Å². The molecule has 1 fully saturated rings. The summed E-state index contributed by atoms with van der Waals surface area (Å²) in [4.78, 5) is 40.8. The lowest BCUT2D eigenvalue weighted by molar-refractivity contribution is -0.159. The molecule has 0 amide bonds. The maximum Gasteiger partial charge on any atom is 0.334 e. The van der Waals surface area contributed by atoms with E-state index in [2.05, 4.69) is 4.98 Å². The van der Waals surface area contributed by atoms with Gasteiger partial charge in [0, 0.05) is 6.61 Å². The predicted octanol–water partition coefficient (Wildman–Crippen LogP) is 0.738. The van der Waals surface area contributed by atoms with Crippen molar-refractivity contribution in [3.8, 4) is 0 Å². The van der Waals surface area contributed by atoms with E-state index in [9.17, 15) is 14.4 Å². The molecule has 0 radical (unpaired) electrons. The molecule has 1 N–H and O–H groups in total. The first-order valence-electron chi connectivity index (χ1n) is 6.91. The van der Waals surface area contributed by atoms with Crippen LogP contribution >= 0.6 is 11.3 Å². The Labute approximate surface area is 129 Å². The van der Waals surface area contributed by atoms with E-state index >= 15 is 0 Å². The second kappa shape index (κ2) is 5.36. The first-order valence-corrected chi connectivity index (χ1v) is 7.79. The van der Waals surface area contributed by atoms with Crippen LogP contribution in [0, 0.1) is 6.92 Å². The number of nitrogens with zero attached hydrogens (tertiary/aromatic N) is 1. The molecule has 1 aliphatic heterocycles. The number of aromatic amines is 1. The van der Waals surface area contributed by atoms with Gasteiger partial charge < -0.3 is 9.47 Å². The van der Waals surface area contributed by atoms with E-state index in [1.807, 2.05) is 0 Å². The number of carbonyl (C=O) groups excluding carboxylic acids is 1. The molecule has 0 bridgehead atoms. The molecule has 0 spiro atoms. The third-order valence-electron chi connectivity index (χ3n) is 4.03. The number of fused-ring (bicyclic) bond motifs is 1. The Morgan fingerprint density at radius 1 is 1.50 bits per heavy atom. The Hall–Kier alpha value is -1.93. The number of aryl methyl sites for hydroxylation is 1. The Balaban J connectivity index is 2.35. The lowest BCUT2D eigenvalue weighted by atomic mass is 9.92. The Kier molecular flexibility index (Phi) is 3.65. The van der Waals surface area contributed by atoms with Crippen LogP contribution in [0.2, 0.25) is 0 Å². The van der Waals surface area contributed by atoms with E-state index in [1.54, 1.807) is 12.3 Å². The van der Waals surface area contributed by atoms with Crippen molar-refractivity contribution >= 4 is 27.5 Å². The van der Waals surface area contributed by atoms with Crippen molar-refractivity contribution in [1.82, 2.24) is 9.55 Å². The van der Waals surface area contributed by atoms with Crippen molar-refractivity contribution in [2.24, 2.45) is 0 Å². The zero-order valence-corrected chi connectivity index (χ0v) is 13.1. The van der Waals surface area contributed by atoms with Gasteiger partial charge in [0.1, 0.15) is 4.83 Å². The average Bonchev–Trinajstić information content (AvgIpc) is 2.88. The van der Waals surface area contributed by atoms with Gasteiger partial charge in [0.2, 0.25) is 0 Å². The summed E-state index contributed by atoms with van der Waals surface area (Å²) < 4.78 is 11.2. The molecule has 3 heterocycles. The van der Waals surface area contributed by atoms with Crippen LogP contribution in [-0.4, -0.2) is 35.8 Å². The van der Waals surface area contributed by atoms with Crippen molar-refractivity contribution in [1.29, 1.82) is 0 Å². The SMILES string of the molecule is COC(=O)C1(n2c(=O)[nH]c3scc(C)c3c2=O)CCCOC1. The van der Waals surface area contributed by atoms with E-state index in [0.717, 1.165) is 10.1 Å². The maximum absolute atomic E-state index is 12.8. The average molecular weight is 324 g/mol. The molecule has 2 aromatic rings. The number of nitrogens with one attached hydrogen (secondary N) is 1. The normalized spacial score (nSPS) is 21.9. The Bertz CT molecular complexity index is 841. The highest BCUT2D eigenvalue weighted by molar-refractivity contribution is 7.16. The second-order valence-corrected chi connectivity index (χ2v) is 6.25. The first kappa shape index (κ1) is 15.0. The number of rotatable bonds is 2. The van der Waals surface area contributed by atoms with Crippen molar-refractivity contribution < 1.29 is 14.3 Å². The molecule has 1 unspecified atom stereocenters. The summed E-state index contributed by atoms with van der Waals surface area (Å²) in [5.74, 6) is -0.632. The Morgan fingerprint density at radius 2 is 2.27 bits per heavy atom. The largest absolute Gasteiger partial charge is 0.467 e. The number of carbonyl (C=O) groups is 1. The molecule has 7 nitrogen and oxygen atoms in total. The van der Waals surface area contributed by atoms with Crippen LogP contribution in [-0.2, 0) is 19.8 Å². The number of hydrogen-bond acceptors (Lipinski definition) is 6. The first-order chi connectivity index (χ1) is 10.5. The molecule has 0 saturated carbocycles. The molecular weight excluding hydrogens is 308 g/mol. The molecule has 118 valence electrons. The van der Waals surface area contributed by atoms with Crippen molar-refractivity contribution in [3.63, 3.8) is 0 Å². The summed E-state index contributed by atoms with van der Waals surface area (Å²) in [6, 6.07) is 0. The second-order valence-electron chi connectivity index (χ2n) is 5.37. The maximum atomic E-state index is 12.8.